The number of carbonyl (C=O) groups is 2. The van der Waals surface area contributed by atoms with Crippen molar-refractivity contribution in [2.24, 2.45) is 11.8 Å². The van der Waals surface area contributed by atoms with Crippen LogP contribution in [0.25, 0.3) is 0 Å². The summed E-state index contributed by atoms with van der Waals surface area (Å²) in [4.78, 5) is 25.4. The first-order valence-electron chi connectivity index (χ1n) is 9.43. The molecule has 0 bridgehead atoms. The fraction of sp³-hybridized carbons (Fsp3) is 0.600. The molecule has 1 aromatic carbocycles. The van der Waals surface area contributed by atoms with Gasteiger partial charge in [-0.25, -0.2) is 4.39 Å². The van der Waals surface area contributed by atoms with Gasteiger partial charge in [0.05, 0.1) is 0 Å². The lowest BCUT2D eigenvalue weighted by Crippen LogP contribution is -2.57. The fourth-order valence-electron chi connectivity index (χ4n) is 4.01. The molecule has 0 radical (unpaired) electrons. The molecule has 5 heteroatoms. The smallest absolute Gasteiger partial charge is 0.245 e. The van der Waals surface area contributed by atoms with Crippen LogP contribution in [0.4, 0.5) is 4.39 Å². The van der Waals surface area contributed by atoms with Gasteiger partial charge in [0.25, 0.3) is 0 Å². The van der Waals surface area contributed by atoms with Gasteiger partial charge in [0.1, 0.15) is 11.4 Å². The molecule has 0 aromatic heterocycles. The highest BCUT2D eigenvalue weighted by Crippen LogP contribution is 2.48. The van der Waals surface area contributed by atoms with E-state index >= 15 is 0 Å². The van der Waals surface area contributed by atoms with E-state index < -0.39 is 5.54 Å². The summed E-state index contributed by atoms with van der Waals surface area (Å²) in [5.74, 6) is 0.377. The van der Waals surface area contributed by atoms with Crippen molar-refractivity contribution in [3.05, 3.63) is 35.6 Å². The third kappa shape index (κ3) is 3.55. The van der Waals surface area contributed by atoms with E-state index in [-0.39, 0.29) is 29.5 Å². The lowest BCUT2D eigenvalue weighted by molar-refractivity contribution is -0.134. The van der Waals surface area contributed by atoms with Crippen LogP contribution in [-0.4, -0.2) is 23.9 Å². The van der Waals surface area contributed by atoms with Crippen LogP contribution in [0.2, 0.25) is 0 Å². The molecule has 0 aliphatic heterocycles. The summed E-state index contributed by atoms with van der Waals surface area (Å²) >= 11 is 0. The van der Waals surface area contributed by atoms with Gasteiger partial charge in [-0.05, 0) is 61.6 Å². The third-order valence-electron chi connectivity index (χ3n) is 5.93. The van der Waals surface area contributed by atoms with Crippen molar-refractivity contribution >= 4 is 11.8 Å². The summed E-state index contributed by atoms with van der Waals surface area (Å²) in [5, 5.41) is 6.13. The standard InChI is InChI=1S/C20H25FN2O2/c21-15-7-5-14(6-8-15)16-11-17(16)18(24)23-20(9-1-2-10-20)19(25)22-12-13-3-4-13/h5-8,13,16-17H,1-4,9-12H2,(H,22,25)(H,23,24)/t16-,17+/m1/s1. The fourth-order valence-corrected chi connectivity index (χ4v) is 4.01. The number of nitrogens with one attached hydrogen (secondary N) is 2. The maximum atomic E-state index is 13.0. The van der Waals surface area contributed by atoms with Crippen LogP contribution >= 0.6 is 0 Å². The van der Waals surface area contributed by atoms with Crippen LogP contribution in [0.5, 0.6) is 0 Å². The molecule has 4 nitrogen and oxygen atoms in total. The Labute approximate surface area is 147 Å². The minimum Gasteiger partial charge on any atom is -0.354 e. The summed E-state index contributed by atoms with van der Waals surface area (Å²) in [5.41, 5.74) is 0.280. The maximum Gasteiger partial charge on any atom is 0.245 e. The van der Waals surface area contributed by atoms with Gasteiger partial charge in [-0.3, -0.25) is 9.59 Å². The van der Waals surface area contributed by atoms with Crippen LogP contribution in [-0.2, 0) is 9.59 Å². The van der Waals surface area contributed by atoms with Crippen molar-refractivity contribution in [1.82, 2.24) is 10.6 Å². The molecule has 2 atom stereocenters. The van der Waals surface area contributed by atoms with Crippen molar-refractivity contribution in [2.45, 2.75) is 56.4 Å². The van der Waals surface area contributed by atoms with Gasteiger partial charge in [-0.1, -0.05) is 25.0 Å². The molecule has 1 aromatic rings. The van der Waals surface area contributed by atoms with E-state index in [9.17, 15) is 14.0 Å². The summed E-state index contributed by atoms with van der Waals surface area (Å²) in [6, 6.07) is 6.38. The molecular formula is C20H25FN2O2. The van der Waals surface area contributed by atoms with Crippen LogP contribution in [0.3, 0.4) is 0 Å². The van der Waals surface area contributed by atoms with Gasteiger partial charge in [0, 0.05) is 12.5 Å². The molecular weight excluding hydrogens is 319 g/mol. The van der Waals surface area contributed by atoms with E-state index in [4.69, 9.17) is 0 Å². The number of rotatable bonds is 6. The second-order valence-corrected chi connectivity index (χ2v) is 7.93. The molecule has 4 rings (SSSR count). The molecule has 134 valence electrons. The Kier molecular flexibility index (Phi) is 4.26. The zero-order chi connectivity index (χ0) is 17.4. The lowest BCUT2D eigenvalue weighted by atomic mass is 9.95. The van der Waals surface area contributed by atoms with E-state index in [1.165, 1.54) is 25.0 Å². The number of benzene rings is 1. The minimum atomic E-state index is -0.720. The van der Waals surface area contributed by atoms with Gasteiger partial charge in [0.15, 0.2) is 0 Å². The molecule has 3 aliphatic carbocycles. The number of hydrogen-bond donors (Lipinski definition) is 2. The number of halogens is 1. The van der Waals surface area contributed by atoms with Crippen LogP contribution in [0.1, 0.15) is 56.4 Å². The number of amides is 2. The Balaban J connectivity index is 1.38. The normalized spacial score (nSPS) is 26.9. The highest BCUT2D eigenvalue weighted by molar-refractivity contribution is 5.93. The topological polar surface area (TPSA) is 58.2 Å². The molecule has 25 heavy (non-hydrogen) atoms. The van der Waals surface area contributed by atoms with Crippen molar-refractivity contribution in [2.75, 3.05) is 6.54 Å². The molecule has 3 saturated carbocycles. The van der Waals surface area contributed by atoms with Crippen LogP contribution in [0, 0.1) is 17.7 Å². The predicted molar refractivity (Wildman–Crippen MR) is 92.3 cm³/mol. The van der Waals surface area contributed by atoms with Crippen molar-refractivity contribution < 1.29 is 14.0 Å². The average molecular weight is 344 g/mol. The van der Waals surface area contributed by atoms with Crippen molar-refractivity contribution in [3.8, 4) is 0 Å². The molecule has 2 N–H and O–H groups in total. The first-order valence-corrected chi connectivity index (χ1v) is 9.43. The van der Waals surface area contributed by atoms with E-state index in [0.29, 0.717) is 5.92 Å². The minimum absolute atomic E-state index is 0.00997. The Morgan fingerprint density at radius 2 is 1.80 bits per heavy atom. The van der Waals surface area contributed by atoms with Gasteiger partial charge in [-0.15, -0.1) is 0 Å². The predicted octanol–water partition coefficient (Wildman–Crippen LogP) is 2.88. The molecule has 3 aliphatic rings. The van der Waals surface area contributed by atoms with Crippen molar-refractivity contribution in [1.29, 1.82) is 0 Å². The maximum absolute atomic E-state index is 13.0. The average Bonchev–Trinajstić information content (AvgIpc) is 3.52. The first kappa shape index (κ1) is 16.6. The van der Waals surface area contributed by atoms with E-state index in [1.54, 1.807) is 12.1 Å². The molecule has 0 heterocycles. The SMILES string of the molecule is O=C(NC1(C(=O)NCC2CC2)CCCC1)[C@H]1C[C@@H]1c1ccc(F)cc1. The number of carbonyl (C=O) groups excluding carboxylic acids is 2. The second kappa shape index (κ2) is 6.43. The third-order valence-corrected chi connectivity index (χ3v) is 5.93. The zero-order valence-corrected chi connectivity index (χ0v) is 14.4. The largest absolute Gasteiger partial charge is 0.354 e. The molecule has 2 amide bonds. The van der Waals surface area contributed by atoms with E-state index in [0.717, 1.165) is 44.2 Å². The van der Waals surface area contributed by atoms with Crippen LogP contribution < -0.4 is 10.6 Å². The second-order valence-electron chi connectivity index (χ2n) is 7.93. The van der Waals surface area contributed by atoms with Gasteiger partial charge < -0.3 is 10.6 Å². The Morgan fingerprint density at radius 3 is 2.44 bits per heavy atom. The Hall–Kier alpha value is -1.91. The zero-order valence-electron chi connectivity index (χ0n) is 14.4. The monoisotopic (exact) mass is 344 g/mol. The molecule has 3 fully saturated rings. The van der Waals surface area contributed by atoms with Crippen LogP contribution in [0.15, 0.2) is 24.3 Å². The molecule has 0 spiro atoms. The molecule has 0 unspecified atom stereocenters. The summed E-state index contributed by atoms with van der Waals surface area (Å²) in [7, 11) is 0. The van der Waals surface area contributed by atoms with Gasteiger partial charge in [0.2, 0.25) is 11.8 Å². The number of hydrogen-bond acceptors (Lipinski definition) is 2. The van der Waals surface area contributed by atoms with Crippen molar-refractivity contribution in [3.63, 3.8) is 0 Å². The van der Waals surface area contributed by atoms with Gasteiger partial charge >= 0.3 is 0 Å². The lowest BCUT2D eigenvalue weighted by Gasteiger charge is -2.29. The molecule has 0 saturated heterocycles. The van der Waals surface area contributed by atoms with E-state index in [1.807, 2.05) is 0 Å². The van der Waals surface area contributed by atoms with E-state index in [2.05, 4.69) is 10.6 Å². The van der Waals surface area contributed by atoms with Gasteiger partial charge in [-0.2, -0.15) is 0 Å². The summed E-state index contributed by atoms with van der Waals surface area (Å²) in [6.07, 6.45) is 6.57. The summed E-state index contributed by atoms with van der Waals surface area (Å²) < 4.78 is 13.0. The Bertz CT molecular complexity index is 663. The Morgan fingerprint density at radius 1 is 1.12 bits per heavy atom. The highest BCUT2D eigenvalue weighted by Gasteiger charge is 2.49. The first-order chi connectivity index (χ1) is 12.1. The quantitative estimate of drug-likeness (QED) is 0.834. The summed E-state index contributed by atoms with van der Waals surface area (Å²) in [6.45, 7) is 0.734. The highest BCUT2D eigenvalue weighted by atomic mass is 19.1.